The molecule has 5 nitrogen and oxygen atoms in total. The van der Waals surface area contributed by atoms with Crippen molar-refractivity contribution < 1.29 is 9.59 Å². The summed E-state index contributed by atoms with van der Waals surface area (Å²) >= 11 is 6.29. The normalized spacial score (nSPS) is 21.5. The van der Waals surface area contributed by atoms with E-state index in [4.69, 9.17) is 11.6 Å². The summed E-state index contributed by atoms with van der Waals surface area (Å²) < 4.78 is 0. The van der Waals surface area contributed by atoms with Crippen molar-refractivity contribution in [2.75, 3.05) is 36.0 Å². The first kappa shape index (κ1) is 17.1. The molecule has 2 heterocycles. The van der Waals surface area contributed by atoms with Crippen LogP contribution >= 0.6 is 11.6 Å². The number of hydrogen-bond donors (Lipinski definition) is 0. The fraction of sp³-hybridized carbons (Fsp3) is 0.300. The highest BCUT2D eigenvalue weighted by Gasteiger charge is 2.43. The molecule has 6 heteroatoms. The molecule has 2 amide bonds. The summed E-state index contributed by atoms with van der Waals surface area (Å²) in [5, 5.41) is 0.739. The lowest BCUT2D eigenvalue weighted by Crippen LogP contribution is -2.52. The van der Waals surface area contributed by atoms with E-state index in [-0.39, 0.29) is 24.3 Å². The number of hydrogen-bond acceptors (Lipinski definition) is 4. The Hall–Kier alpha value is -2.37. The quantitative estimate of drug-likeness (QED) is 0.780. The zero-order valence-corrected chi connectivity index (χ0v) is 15.1. The van der Waals surface area contributed by atoms with Crippen LogP contribution in [0, 0.1) is 0 Å². The van der Waals surface area contributed by atoms with Gasteiger partial charge in [0.05, 0.1) is 28.9 Å². The molecular weight excluding hydrogens is 350 g/mol. The summed E-state index contributed by atoms with van der Waals surface area (Å²) in [7, 11) is 0. The molecule has 4 rings (SSSR count). The molecule has 0 aromatic heterocycles. The predicted octanol–water partition coefficient (Wildman–Crippen LogP) is 2.79. The number of anilines is 2. The molecule has 0 unspecified atom stereocenters. The van der Waals surface area contributed by atoms with Gasteiger partial charge in [-0.3, -0.25) is 14.5 Å². The summed E-state index contributed by atoms with van der Waals surface area (Å²) in [6, 6.07) is 16.6. The number of rotatable bonds is 3. The average Bonchev–Trinajstić information content (AvgIpc) is 2.97. The van der Waals surface area contributed by atoms with Crippen LogP contribution in [0.4, 0.5) is 11.4 Å². The number of imide groups is 1. The molecule has 0 spiro atoms. The Labute approximate surface area is 157 Å². The summed E-state index contributed by atoms with van der Waals surface area (Å²) in [5.74, 6) is -0.243. The van der Waals surface area contributed by atoms with Gasteiger partial charge in [0.1, 0.15) is 0 Å². The van der Waals surface area contributed by atoms with Gasteiger partial charge in [0.2, 0.25) is 5.91 Å². The van der Waals surface area contributed by atoms with Crippen LogP contribution in [0.15, 0.2) is 54.6 Å². The van der Waals surface area contributed by atoms with Gasteiger partial charge in [-0.25, -0.2) is 4.90 Å². The smallest absolute Gasteiger partial charge is 0.251 e. The minimum atomic E-state index is -0.365. The molecule has 2 aromatic rings. The largest absolute Gasteiger partial charge is 0.368 e. The zero-order chi connectivity index (χ0) is 18.1. The number of nitrogens with zero attached hydrogens (tertiary/aromatic N) is 3. The molecule has 2 aliphatic heterocycles. The third-order valence-corrected chi connectivity index (χ3v) is 5.40. The predicted molar refractivity (Wildman–Crippen MR) is 103 cm³/mol. The summed E-state index contributed by atoms with van der Waals surface area (Å²) in [4.78, 5) is 30.9. The second-order valence-electron chi connectivity index (χ2n) is 6.60. The van der Waals surface area contributed by atoms with Crippen molar-refractivity contribution in [2.45, 2.75) is 12.5 Å². The van der Waals surface area contributed by atoms with Gasteiger partial charge in [0.25, 0.3) is 5.91 Å². The first-order chi connectivity index (χ1) is 12.6. The second-order valence-corrected chi connectivity index (χ2v) is 7.00. The fourth-order valence-electron chi connectivity index (χ4n) is 3.73. The van der Waals surface area contributed by atoms with Gasteiger partial charge in [0, 0.05) is 26.2 Å². The molecule has 134 valence electrons. The van der Waals surface area contributed by atoms with E-state index in [2.05, 4.69) is 9.80 Å². The highest BCUT2D eigenvalue weighted by atomic mass is 35.5. The molecule has 0 bridgehead atoms. The van der Waals surface area contributed by atoms with Gasteiger partial charge in [-0.1, -0.05) is 41.9 Å². The molecule has 2 aromatic carbocycles. The van der Waals surface area contributed by atoms with Crippen LogP contribution < -0.4 is 9.80 Å². The maximum Gasteiger partial charge on any atom is 0.251 e. The maximum absolute atomic E-state index is 12.8. The second kappa shape index (κ2) is 7.09. The number of halogens is 1. The van der Waals surface area contributed by atoms with E-state index >= 15 is 0 Å². The lowest BCUT2D eigenvalue weighted by atomic mass is 10.1. The van der Waals surface area contributed by atoms with Gasteiger partial charge >= 0.3 is 0 Å². The van der Waals surface area contributed by atoms with Gasteiger partial charge < -0.3 is 4.90 Å². The lowest BCUT2D eigenvalue weighted by molar-refractivity contribution is -0.123. The van der Waals surface area contributed by atoms with E-state index in [9.17, 15) is 9.59 Å². The Morgan fingerprint density at radius 2 is 1.50 bits per heavy atom. The number of piperazine rings is 1. The van der Waals surface area contributed by atoms with Crippen molar-refractivity contribution in [1.29, 1.82) is 0 Å². The molecule has 2 aliphatic rings. The van der Waals surface area contributed by atoms with Crippen LogP contribution in [-0.4, -0.2) is 48.9 Å². The van der Waals surface area contributed by atoms with Crippen molar-refractivity contribution in [3.63, 3.8) is 0 Å². The van der Waals surface area contributed by atoms with Crippen molar-refractivity contribution in [2.24, 2.45) is 0 Å². The SMILES string of the molecule is O=C1C[C@H](N2CCN(c3ccccc3Cl)CC2)C(=O)N1c1ccccc1. The number of amides is 2. The number of carbonyl (C=O) groups excluding carboxylic acids is 2. The number of carbonyl (C=O) groups is 2. The monoisotopic (exact) mass is 369 g/mol. The molecule has 26 heavy (non-hydrogen) atoms. The van der Waals surface area contributed by atoms with Crippen LogP contribution in [0.5, 0.6) is 0 Å². The molecule has 2 fully saturated rings. The molecule has 0 saturated carbocycles. The third kappa shape index (κ3) is 3.08. The minimum absolute atomic E-state index is 0.118. The fourth-order valence-corrected chi connectivity index (χ4v) is 3.99. The average molecular weight is 370 g/mol. The van der Waals surface area contributed by atoms with Gasteiger partial charge in [-0.2, -0.15) is 0 Å². The molecule has 0 N–H and O–H groups in total. The topological polar surface area (TPSA) is 43.9 Å². The minimum Gasteiger partial charge on any atom is -0.368 e. The van der Waals surface area contributed by atoms with Gasteiger partial charge in [0.15, 0.2) is 0 Å². The Morgan fingerprint density at radius 3 is 2.19 bits per heavy atom. The van der Waals surface area contributed by atoms with Crippen molar-refractivity contribution in [1.82, 2.24) is 4.90 Å². The standard InChI is InChI=1S/C20H20ClN3O2/c21-16-8-4-5-9-17(16)22-10-12-23(13-11-22)18-14-19(25)24(20(18)26)15-6-2-1-3-7-15/h1-9,18H,10-14H2/t18-/m0/s1. The first-order valence-electron chi connectivity index (χ1n) is 8.80. The van der Waals surface area contributed by atoms with Crippen LogP contribution in [0.25, 0.3) is 0 Å². The first-order valence-corrected chi connectivity index (χ1v) is 9.18. The van der Waals surface area contributed by atoms with E-state index in [1.54, 1.807) is 12.1 Å². The lowest BCUT2D eigenvalue weighted by Gasteiger charge is -2.38. The van der Waals surface area contributed by atoms with E-state index < -0.39 is 0 Å². The Kier molecular flexibility index (Phi) is 4.66. The van der Waals surface area contributed by atoms with Crippen molar-refractivity contribution in [3.05, 3.63) is 59.6 Å². The Bertz CT molecular complexity index is 819. The summed E-state index contributed by atoms with van der Waals surface area (Å²) in [6.07, 6.45) is 0.250. The summed E-state index contributed by atoms with van der Waals surface area (Å²) in [5.41, 5.74) is 1.67. The van der Waals surface area contributed by atoms with Crippen LogP contribution in [0.1, 0.15) is 6.42 Å². The third-order valence-electron chi connectivity index (χ3n) is 5.09. The van der Waals surface area contributed by atoms with Crippen LogP contribution in [0.2, 0.25) is 5.02 Å². The van der Waals surface area contributed by atoms with Crippen LogP contribution in [0.3, 0.4) is 0 Å². The highest BCUT2D eigenvalue weighted by Crippen LogP contribution is 2.29. The Morgan fingerprint density at radius 1 is 0.846 bits per heavy atom. The van der Waals surface area contributed by atoms with E-state index in [1.165, 1.54) is 4.90 Å². The van der Waals surface area contributed by atoms with Crippen molar-refractivity contribution in [3.8, 4) is 0 Å². The number of benzene rings is 2. The highest BCUT2D eigenvalue weighted by molar-refractivity contribution is 6.33. The Balaban J connectivity index is 1.44. The van der Waals surface area contributed by atoms with Crippen molar-refractivity contribution >= 4 is 34.8 Å². The van der Waals surface area contributed by atoms with E-state index in [0.29, 0.717) is 5.69 Å². The summed E-state index contributed by atoms with van der Waals surface area (Å²) in [6.45, 7) is 3.04. The molecular formula is C20H20ClN3O2. The molecule has 2 saturated heterocycles. The van der Waals surface area contributed by atoms with Gasteiger partial charge in [-0.05, 0) is 24.3 Å². The molecule has 1 atom stereocenters. The van der Waals surface area contributed by atoms with Gasteiger partial charge in [-0.15, -0.1) is 0 Å². The zero-order valence-electron chi connectivity index (χ0n) is 14.3. The molecule has 0 radical (unpaired) electrons. The van der Waals surface area contributed by atoms with E-state index in [0.717, 1.165) is 36.9 Å². The maximum atomic E-state index is 12.8. The molecule has 0 aliphatic carbocycles. The number of para-hydroxylation sites is 2. The van der Waals surface area contributed by atoms with Crippen LogP contribution in [-0.2, 0) is 9.59 Å². The van der Waals surface area contributed by atoms with E-state index in [1.807, 2.05) is 42.5 Å².